The second-order valence-electron chi connectivity index (χ2n) is 4.28. The molecule has 0 fully saturated rings. The first-order chi connectivity index (χ1) is 8.15. The monoisotopic (exact) mass is 292 g/mol. The van der Waals surface area contributed by atoms with Gasteiger partial charge in [0, 0.05) is 28.3 Å². The Kier molecular flexibility index (Phi) is 3.67. The van der Waals surface area contributed by atoms with E-state index in [1.807, 2.05) is 7.05 Å². The SMILES string of the molecule is CCCc1cc(NC)c2cc(Br)cc(C)c2n1. The fraction of sp³-hybridized carbons (Fsp3) is 0.357. The maximum absolute atomic E-state index is 4.75. The summed E-state index contributed by atoms with van der Waals surface area (Å²) in [6.07, 6.45) is 2.15. The van der Waals surface area contributed by atoms with E-state index in [1.54, 1.807) is 0 Å². The first kappa shape index (κ1) is 12.4. The van der Waals surface area contributed by atoms with E-state index in [-0.39, 0.29) is 0 Å². The number of rotatable bonds is 3. The van der Waals surface area contributed by atoms with E-state index < -0.39 is 0 Å². The Bertz CT molecular complexity index is 549. The van der Waals surface area contributed by atoms with Gasteiger partial charge in [-0.1, -0.05) is 29.3 Å². The molecule has 0 bridgehead atoms. The highest BCUT2D eigenvalue weighted by molar-refractivity contribution is 9.10. The molecular weight excluding hydrogens is 276 g/mol. The summed E-state index contributed by atoms with van der Waals surface area (Å²) in [5, 5.41) is 4.44. The lowest BCUT2D eigenvalue weighted by Crippen LogP contribution is -1.98. The summed E-state index contributed by atoms with van der Waals surface area (Å²) >= 11 is 3.54. The Morgan fingerprint density at radius 1 is 1.29 bits per heavy atom. The molecule has 1 aromatic heterocycles. The average Bonchev–Trinajstić information content (AvgIpc) is 2.29. The summed E-state index contributed by atoms with van der Waals surface area (Å²) < 4.78 is 1.10. The Hall–Kier alpha value is -1.09. The second-order valence-corrected chi connectivity index (χ2v) is 5.20. The van der Waals surface area contributed by atoms with Crippen LogP contribution in [0.15, 0.2) is 22.7 Å². The van der Waals surface area contributed by atoms with Crippen molar-refractivity contribution >= 4 is 32.5 Å². The smallest absolute Gasteiger partial charge is 0.0755 e. The molecule has 1 aromatic carbocycles. The predicted octanol–water partition coefficient (Wildman–Crippen LogP) is 4.30. The van der Waals surface area contributed by atoms with Crippen LogP contribution in [-0.4, -0.2) is 12.0 Å². The van der Waals surface area contributed by atoms with E-state index >= 15 is 0 Å². The van der Waals surface area contributed by atoms with Crippen LogP contribution in [0, 0.1) is 6.92 Å². The molecule has 17 heavy (non-hydrogen) atoms. The van der Waals surface area contributed by atoms with Crippen LogP contribution >= 0.6 is 15.9 Å². The van der Waals surface area contributed by atoms with Gasteiger partial charge in [-0.2, -0.15) is 0 Å². The van der Waals surface area contributed by atoms with Crippen LogP contribution in [0.3, 0.4) is 0 Å². The third-order valence-electron chi connectivity index (χ3n) is 2.90. The first-order valence-electron chi connectivity index (χ1n) is 5.93. The Morgan fingerprint density at radius 3 is 2.71 bits per heavy atom. The molecule has 0 saturated carbocycles. The highest BCUT2D eigenvalue weighted by Gasteiger charge is 2.07. The predicted molar refractivity (Wildman–Crippen MR) is 77.7 cm³/mol. The molecule has 1 heterocycles. The first-order valence-corrected chi connectivity index (χ1v) is 6.72. The van der Waals surface area contributed by atoms with Crippen LogP contribution in [0.2, 0.25) is 0 Å². The summed E-state index contributed by atoms with van der Waals surface area (Å²) in [6.45, 7) is 4.29. The molecule has 0 saturated heterocycles. The zero-order chi connectivity index (χ0) is 12.4. The fourth-order valence-corrected chi connectivity index (χ4v) is 2.67. The van der Waals surface area contributed by atoms with Crippen molar-refractivity contribution in [1.82, 2.24) is 4.98 Å². The maximum Gasteiger partial charge on any atom is 0.0755 e. The van der Waals surface area contributed by atoms with E-state index in [2.05, 4.69) is 53.3 Å². The number of benzene rings is 1. The quantitative estimate of drug-likeness (QED) is 0.912. The van der Waals surface area contributed by atoms with Crippen LogP contribution in [0.4, 0.5) is 5.69 Å². The second kappa shape index (κ2) is 5.05. The third kappa shape index (κ3) is 2.44. The molecule has 90 valence electrons. The summed E-state index contributed by atoms with van der Waals surface area (Å²) in [7, 11) is 1.96. The molecule has 0 radical (unpaired) electrons. The molecule has 2 aromatic rings. The maximum atomic E-state index is 4.75. The number of hydrogen-bond acceptors (Lipinski definition) is 2. The number of aromatic nitrogens is 1. The highest BCUT2D eigenvalue weighted by atomic mass is 79.9. The van der Waals surface area contributed by atoms with Gasteiger partial charge in [0.15, 0.2) is 0 Å². The molecule has 0 atom stereocenters. The number of anilines is 1. The van der Waals surface area contributed by atoms with Crippen molar-refractivity contribution in [1.29, 1.82) is 0 Å². The van der Waals surface area contributed by atoms with Gasteiger partial charge in [0.1, 0.15) is 0 Å². The van der Waals surface area contributed by atoms with E-state index in [0.29, 0.717) is 0 Å². The van der Waals surface area contributed by atoms with Crippen LogP contribution in [-0.2, 0) is 6.42 Å². The molecule has 3 heteroatoms. The molecule has 0 unspecified atom stereocenters. The lowest BCUT2D eigenvalue weighted by molar-refractivity contribution is 0.889. The summed E-state index contributed by atoms with van der Waals surface area (Å²) in [4.78, 5) is 4.75. The molecule has 2 rings (SSSR count). The van der Waals surface area contributed by atoms with Crippen molar-refractivity contribution in [2.45, 2.75) is 26.7 Å². The molecule has 0 spiro atoms. The van der Waals surface area contributed by atoms with E-state index in [9.17, 15) is 0 Å². The Labute approximate surface area is 111 Å². The minimum Gasteiger partial charge on any atom is -0.388 e. The topological polar surface area (TPSA) is 24.9 Å². The molecular formula is C14H17BrN2. The Balaban J connectivity index is 2.73. The zero-order valence-corrected chi connectivity index (χ0v) is 12.1. The number of pyridine rings is 1. The molecule has 2 nitrogen and oxygen atoms in total. The van der Waals surface area contributed by atoms with Crippen LogP contribution in [0.1, 0.15) is 24.6 Å². The summed E-state index contributed by atoms with van der Waals surface area (Å²) in [6, 6.07) is 6.39. The van der Waals surface area contributed by atoms with Gasteiger partial charge >= 0.3 is 0 Å². The van der Waals surface area contributed by atoms with Gasteiger partial charge < -0.3 is 5.32 Å². The van der Waals surface area contributed by atoms with E-state index in [1.165, 1.54) is 10.9 Å². The van der Waals surface area contributed by atoms with Gasteiger partial charge in [-0.15, -0.1) is 0 Å². The standard InChI is InChI=1S/C14H17BrN2/c1-4-5-11-8-13(16-3)12-7-10(15)6-9(2)14(12)17-11/h6-8H,4-5H2,1-3H3,(H,16,17). The van der Waals surface area contributed by atoms with Crippen LogP contribution < -0.4 is 5.32 Å². The van der Waals surface area contributed by atoms with Gasteiger partial charge in [0.05, 0.1) is 5.52 Å². The molecule has 0 aliphatic carbocycles. The summed E-state index contributed by atoms with van der Waals surface area (Å²) in [5.74, 6) is 0. The van der Waals surface area contributed by atoms with Crippen molar-refractivity contribution < 1.29 is 0 Å². The molecule has 0 amide bonds. The number of fused-ring (bicyclic) bond motifs is 1. The normalized spacial score (nSPS) is 10.8. The highest BCUT2D eigenvalue weighted by Crippen LogP contribution is 2.29. The number of nitrogens with one attached hydrogen (secondary N) is 1. The van der Waals surface area contributed by atoms with Crippen molar-refractivity contribution in [3.8, 4) is 0 Å². The lowest BCUT2D eigenvalue weighted by atomic mass is 10.1. The molecule has 1 N–H and O–H groups in total. The number of hydrogen-bond donors (Lipinski definition) is 1. The molecule has 0 aliphatic rings. The van der Waals surface area contributed by atoms with Gasteiger partial charge in [-0.05, 0) is 37.1 Å². The van der Waals surface area contributed by atoms with Gasteiger partial charge in [-0.3, -0.25) is 4.98 Å². The van der Waals surface area contributed by atoms with Crippen molar-refractivity contribution in [3.05, 3.63) is 33.9 Å². The number of nitrogens with zero attached hydrogens (tertiary/aromatic N) is 1. The van der Waals surface area contributed by atoms with Gasteiger partial charge in [0.2, 0.25) is 0 Å². The Morgan fingerprint density at radius 2 is 2.06 bits per heavy atom. The fourth-order valence-electron chi connectivity index (χ4n) is 2.10. The number of halogens is 1. The minimum absolute atomic E-state index is 1.03. The van der Waals surface area contributed by atoms with Crippen molar-refractivity contribution in [2.75, 3.05) is 12.4 Å². The van der Waals surface area contributed by atoms with Gasteiger partial charge in [-0.25, -0.2) is 0 Å². The average molecular weight is 293 g/mol. The third-order valence-corrected chi connectivity index (χ3v) is 3.36. The minimum atomic E-state index is 1.03. The lowest BCUT2D eigenvalue weighted by Gasteiger charge is -2.11. The number of aryl methyl sites for hydroxylation is 2. The van der Waals surface area contributed by atoms with Crippen molar-refractivity contribution in [3.63, 3.8) is 0 Å². The van der Waals surface area contributed by atoms with Crippen LogP contribution in [0.25, 0.3) is 10.9 Å². The van der Waals surface area contributed by atoms with E-state index in [0.717, 1.165) is 34.2 Å². The molecule has 0 aliphatic heterocycles. The summed E-state index contributed by atoms with van der Waals surface area (Å²) in [5.41, 5.74) is 4.63. The zero-order valence-electron chi connectivity index (χ0n) is 10.5. The van der Waals surface area contributed by atoms with E-state index in [4.69, 9.17) is 4.98 Å². The largest absolute Gasteiger partial charge is 0.388 e. The van der Waals surface area contributed by atoms with Crippen molar-refractivity contribution in [2.24, 2.45) is 0 Å². The van der Waals surface area contributed by atoms with Crippen LogP contribution in [0.5, 0.6) is 0 Å². The van der Waals surface area contributed by atoms with Gasteiger partial charge in [0.25, 0.3) is 0 Å².